The monoisotopic (exact) mass is 366 g/mol. The Morgan fingerprint density at radius 1 is 1.12 bits per heavy atom. The Bertz CT molecular complexity index is 893. The van der Waals surface area contributed by atoms with E-state index in [2.05, 4.69) is 37.3 Å². The van der Waals surface area contributed by atoms with Gasteiger partial charge in [-0.15, -0.1) is 11.8 Å². The summed E-state index contributed by atoms with van der Waals surface area (Å²) in [6.07, 6.45) is 0. The predicted molar refractivity (Wildman–Crippen MR) is 105 cm³/mol. The van der Waals surface area contributed by atoms with Crippen LogP contribution in [0.15, 0.2) is 42.5 Å². The third-order valence-electron chi connectivity index (χ3n) is 5.19. The normalized spacial score (nSPS) is 21.6. The van der Waals surface area contributed by atoms with Crippen molar-refractivity contribution in [3.05, 3.63) is 64.7 Å². The van der Waals surface area contributed by atoms with Gasteiger partial charge in [0, 0.05) is 24.8 Å². The zero-order valence-corrected chi connectivity index (χ0v) is 16.1. The molecule has 1 spiro atoms. The average molecular weight is 366 g/mol. The van der Waals surface area contributed by atoms with Gasteiger partial charge in [-0.05, 0) is 25.5 Å². The molecule has 2 aromatic rings. The topological polar surface area (TPSA) is 40.6 Å². The summed E-state index contributed by atoms with van der Waals surface area (Å²) in [5.41, 5.74) is 5.26. The molecule has 1 saturated heterocycles. The Labute approximate surface area is 158 Å². The molecular weight excluding hydrogens is 344 g/mol. The summed E-state index contributed by atoms with van der Waals surface area (Å²) < 4.78 is 0. The van der Waals surface area contributed by atoms with Crippen molar-refractivity contribution in [3.63, 3.8) is 0 Å². The van der Waals surface area contributed by atoms with Crippen molar-refractivity contribution in [1.82, 2.24) is 4.90 Å². The van der Waals surface area contributed by atoms with Crippen LogP contribution in [-0.2, 0) is 21.0 Å². The van der Waals surface area contributed by atoms with Crippen molar-refractivity contribution >= 4 is 29.3 Å². The van der Waals surface area contributed by atoms with Crippen LogP contribution in [0.3, 0.4) is 0 Å². The number of rotatable bonds is 2. The van der Waals surface area contributed by atoms with E-state index in [0.717, 1.165) is 28.1 Å². The molecule has 4 rings (SSSR count). The number of nitrogens with zero attached hydrogens (tertiary/aromatic N) is 2. The first-order chi connectivity index (χ1) is 12.4. The highest BCUT2D eigenvalue weighted by molar-refractivity contribution is 8.01. The molecule has 0 bridgehead atoms. The molecular formula is C21H22N2O2S. The van der Waals surface area contributed by atoms with Crippen LogP contribution in [0.1, 0.15) is 29.2 Å². The number of thioether (sulfide) groups is 1. The van der Waals surface area contributed by atoms with E-state index < -0.39 is 4.87 Å². The molecule has 0 aromatic heterocycles. The number of fused-ring (bicyclic) bond motifs is 2. The first-order valence-corrected chi connectivity index (χ1v) is 9.83. The number of carbonyl (C=O) groups is 2. The molecule has 1 unspecified atom stereocenters. The van der Waals surface area contributed by atoms with Crippen molar-refractivity contribution < 1.29 is 9.59 Å². The zero-order valence-electron chi connectivity index (χ0n) is 15.3. The van der Waals surface area contributed by atoms with Gasteiger partial charge in [-0.1, -0.05) is 47.5 Å². The average Bonchev–Trinajstić information content (AvgIpc) is 3.15. The summed E-state index contributed by atoms with van der Waals surface area (Å²) in [7, 11) is 0. The summed E-state index contributed by atoms with van der Waals surface area (Å²) in [4.78, 5) is 28.6. The lowest BCUT2D eigenvalue weighted by molar-refractivity contribution is -0.138. The molecule has 134 valence electrons. The number of carbonyl (C=O) groups excluding carboxylic acids is 2. The van der Waals surface area contributed by atoms with Crippen molar-refractivity contribution in [2.24, 2.45) is 0 Å². The maximum Gasteiger partial charge on any atom is 0.268 e. The molecule has 4 nitrogen and oxygen atoms in total. The lowest BCUT2D eigenvalue weighted by Crippen LogP contribution is -2.49. The Kier molecular flexibility index (Phi) is 4.07. The third-order valence-corrected chi connectivity index (χ3v) is 6.61. The largest absolute Gasteiger partial charge is 0.315 e. The van der Waals surface area contributed by atoms with Gasteiger partial charge < -0.3 is 9.80 Å². The first kappa shape index (κ1) is 17.2. The van der Waals surface area contributed by atoms with Crippen molar-refractivity contribution in [2.45, 2.75) is 32.2 Å². The van der Waals surface area contributed by atoms with E-state index in [9.17, 15) is 9.59 Å². The molecule has 1 fully saturated rings. The van der Waals surface area contributed by atoms with Gasteiger partial charge in [-0.2, -0.15) is 0 Å². The smallest absolute Gasteiger partial charge is 0.268 e. The zero-order chi connectivity index (χ0) is 18.5. The summed E-state index contributed by atoms with van der Waals surface area (Å²) in [6.45, 7) is 6.76. The van der Waals surface area contributed by atoms with Gasteiger partial charge in [0.1, 0.15) is 0 Å². The standard InChI is InChI=1S/C21H22N2O2S/c1-14-4-7-17(8-5-14)13-22-19-9-6-15(2)12-18(19)21(20(22)25)23(16(3)24)10-11-26-21/h4-9,12H,10-11,13H2,1-3H3. The fourth-order valence-electron chi connectivity index (χ4n) is 3.90. The lowest BCUT2D eigenvalue weighted by Gasteiger charge is -2.32. The highest BCUT2D eigenvalue weighted by atomic mass is 32.2. The first-order valence-electron chi connectivity index (χ1n) is 8.84. The minimum absolute atomic E-state index is 0.00336. The van der Waals surface area contributed by atoms with E-state index in [1.54, 1.807) is 23.6 Å². The molecule has 0 radical (unpaired) electrons. The number of aryl methyl sites for hydroxylation is 2. The number of hydrogen-bond donors (Lipinski definition) is 0. The SMILES string of the molecule is CC(=O)N1CCSC12C(=O)N(Cc1ccc(C)cc1)c1ccc(C)cc12. The Hall–Kier alpha value is -2.27. The second kappa shape index (κ2) is 6.16. The molecule has 0 N–H and O–H groups in total. The molecule has 2 aromatic carbocycles. The van der Waals surface area contributed by atoms with Crippen LogP contribution in [0.2, 0.25) is 0 Å². The Morgan fingerprint density at radius 3 is 2.50 bits per heavy atom. The number of anilines is 1. The minimum Gasteiger partial charge on any atom is -0.315 e. The lowest BCUT2D eigenvalue weighted by atomic mass is 10.0. The van der Waals surface area contributed by atoms with Gasteiger partial charge in [0.25, 0.3) is 5.91 Å². The van der Waals surface area contributed by atoms with Crippen molar-refractivity contribution in [2.75, 3.05) is 17.2 Å². The molecule has 2 aliphatic heterocycles. The summed E-state index contributed by atoms with van der Waals surface area (Å²) in [6, 6.07) is 14.4. The summed E-state index contributed by atoms with van der Waals surface area (Å²) in [5.74, 6) is 0.723. The molecule has 26 heavy (non-hydrogen) atoms. The van der Waals surface area contributed by atoms with E-state index in [-0.39, 0.29) is 11.8 Å². The van der Waals surface area contributed by atoms with Gasteiger partial charge in [0.05, 0.1) is 12.2 Å². The molecule has 0 saturated carbocycles. The Balaban J connectivity index is 1.82. The maximum absolute atomic E-state index is 13.6. The minimum atomic E-state index is -0.905. The molecule has 2 aliphatic rings. The second-order valence-electron chi connectivity index (χ2n) is 7.06. The highest BCUT2D eigenvalue weighted by Gasteiger charge is 2.58. The molecule has 2 heterocycles. The van der Waals surface area contributed by atoms with Crippen LogP contribution in [0.4, 0.5) is 5.69 Å². The second-order valence-corrected chi connectivity index (χ2v) is 8.35. The van der Waals surface area contributed by atoms with E-state index in [4.69, 9.17) is 0 Å². The van der Waals surface area contributed by atoms with Gasteiger partial charge in [0.15, 0.2) is 4.87 Å². The predicted octanol–water partition coefficient (Wildman–Crippen LogP) is 3.60. The van der Waals surface area contributed by atoms with E-state index in [0.29, 0.717) is 13.1 Å². The van der Waals surface area contributed by atoms with Gasteiger partial charge >= 0.3 is 0 Å². The fraction of sp³-hybridized carbons (Fsp3) is 0.333. The highest BCUT2D eigenvalue weighted by Crippen LogP contribution is 2.54. The van der Waals surface area contributed by atoms with Gasteiger partial charge in [-0.3, -0.25) is 9.59 Å². The van der Waals surface area contributed by atoms with Gasteiger partial charge in [-0.25, -0.2) is 0 Å². The number of benzene rings is 2. The van der Waals surface area contributed by atoms with Crippen LogP contribution in [-0.4, -0.2) is 29.0 Å². The van der Waals surface area contributed by atoms with Crippen LogP contribution >= 0.6 is 11.8 Å². The summed E-state index contributed by atoms with van der Waals surface area (Å²) in [5, 5.41) is 0. The quantitative estimate of drug-likeness (QED) is 0.815. The van der Waals surface area contributed by atoms with E-state index >= 15 is 0 Å². The molecule has 0 aliphatic carbocycles. The van der Waals surface area contributed by atoms with Crippen LogP contribution in [0.25, 0.3) is 0 Å². The van der Waals surface area contributed by atoms with Crippen molar-refractivity contribution in [1.29, 1.82) is 0 Å². The van der Waals surface area contributed by atoms with Crippen LogP contribution in [0, 0.1) is 13.8 Å². The maximum atomic E-state index is 13.6. The van der Waals surface area contributed by atoms with Gasteiger partial charge in [0.2, 0.25) is 5.91 Å². The third kappa shape index (κ3) is 2.45. The molecule has 1 atom stereocenters. The van der Waals surface area contributed by atoms with Crippen LogP contribution in [0.5, 0.6) is 0 Å². The number of hydrogen-bond acceptors (Lipinski definition) is 3. The van der Waals surface area contributed by atoms with Crippen molar-refractivity contribution in [3.8, 4) is 0 Å². The van der Waals surface area contributed by atoms with Crippen LogP contribution < -0.4 is 4.90 Å². The molecule has 2 amide bonds. The Morgan fingerprint density at radius 2 is 1.81 bits per heavy atom. The summed E-state index contributed by atoms with van der Waals surface area (Å²) >= 11 is 1.58. The fourth-order valence-corrected chi connectivity index (χ4v) is 5.39. The van der Waals surface area contributed by atoms with E-state index in [1.165, 1.54) is 5.56 Å². The molecule has 5 heteroatoms. The van der Waals surface area contributed by atoms with E-state index in [1.807, 2.05) is 24.0 Å². The number of amides is 2.